The van der Waals surface area contributed by atoms with Crippen LogP contribution in [-0.2, 0) is 10.8 Å². The van der Waals surface area contributed by atoms with Crippen molar-refractivity contribution in [2.75, 3.05) is 0 Å². The van der Waals surface area contributed by atoms with E-state index in [1.54, 1.807) is 0 Å². The minimum absolute atomic E-state index is 0.201. The van der Waals surface area contributed by atoms with Gasteiger partial charge in [0.2, 0.25) is 0 Å². The molecule has 2 heteroatoms. The number of benzene rings is 1. The number of aryl methyl sites for hydroxylation is 1. The van der Waals surface area contributed by atoms with E-state index in [-0.39, 0.29) is 5.25 Å². The third-order valence-corrected chi connectivity index (χ3v) is 3.22. The van der Waals surface area contributed by atoms with Crippen molar-refractivity contribution in [2.45, 2.75) is 30.9 Å². The Bertz CT molecular complexity index is 292. The Kier molecular flexibility index (Phi) is 3.04. The number of rotatable bonds is 2. The quantitative estimate of drug-likeness (QED) is 0.687. The highest BCUT2D eigenvalue weighted by Crippen LogP contribution is 2.12. The van der Waals surface area contributed by atoms with Crippen molar-refractivity contribution < 1.29 is 4.21 Å². The molecule has 1 aromatic carbocycles. The predicted molar refractivity (Wildman–Crippen MR) is 52.7 cm³/mol. The third kappa shape index (κ3) is 2.18. The average Bonchev–Trinajstić information content (AvgIpc) is 2.03. The van der Waals surface area contributed by atoms with Crippen LogP contribution in [0.1, 0.15) is 19.4 Å². The maximum Gasteiger partial charge on any atom is 0.0555 e. The summed E-state index contributed by atoms with van der Waals surface area (Å²) < 4.78 is 11.6. The summed E-state index contributed by atoms with van der Waals surface area (Å²) in [6.07, 6.45) is 0. The molecule has 0 N–H and O–H groups in total. The molecular formula is C10H14OS. The lowest BCUT2D eigenvalue weighted by Crippen LogP contribution is -2.05. The van der Waals surface area contributed by atoms with E-state index in [0.717, 1.165) is 4.90 Å². The van der Waals surface area contributed by atoms with Crippen LogP contribution in [0.4, 0.5) is 0 Å². The topological polar surface area (TPSA) is 17.1 Å². The molecule has 0 heterocycles. The van der Waals surface area contributed by atoms with Gasteiger partial charge in [0, 0.05) is 10.1 Å². The maximum absolute atomic E-state index is 11.6. The average molecular weight is 182 g/mol. The lowest BCUT2D eigenvalue weighted by molar-refractivity contribution is 0.676. The SMILES string of the molecule is Cc1cccc([S@@](=O)C(C)C)c1. The van der Waals surface area contributed by atoms with E-state index in [1.807, 2.05) is 45.0 Å². The van der Waals surface area contributed by atoms with Crippen molar-refractivity contribution in [3.05, 3.63) is 29.8 Å². The molecular weight excluding hydrogens is 168 g/mol. The standard InChI is InChI=1S/C10H14OS/c1-8(2)12(11)10-6-4-5-9(3)7-10/h4-8H,1-3H3/t12-/m0/s1. The van der Waals surface area contributed by atoms with Crippen molar-refractivity contribution in [3.63, 3.8) is 0 Å². The van der Waals surface area contributed by atoms with Gasteiger partial charge in [-0.3, -0.25) is 4.21 Å². The fraction of sp³-hybridized carbons (Fsp3) is 0.400. The zero-order valence-electron chi connectivity index (χ0n) is 7.70. The van der Waals surface area contributed by atoms with Gasteiger partial charge < -0.3 is 0 Å². The summed E-state index contributed by atoms with van der Waals surface area (Å²) in [4.78, 5) is 0.935. The highest BCUT2D eigenvalue weighted by atomic mass is 32.2. The molecule has 1 aromatic rings. The van der Waals surface area contributed by atoms with Crippen LogP contribution in [0.25, 0.3) is 0 Å². The molecule has 0 aliphatic carbocycles. The van der Waals surface area contributed by atoms with E-state index in [9.17, 15) is 4.21 Å². The Morgan fingerprint density at radius 2 is 2.00 bits per heavy atom. The van der Waals surface area contributed by atoms with E-state index in [4.69, 9.17) is 0 Å². The summed E-state index contributed by atoms with van der Waals surface area (Å²) >= 11 is 0. The second kappa shape index (κ2) is 3.85. The molecule has 0 aliphatic heterocycles. The highest BCUT2D eigenvalue weighted by molar-refractivity contribution is 7.85. The van der Waals surface area contributed by atoms with Crippen molar-refractivity contribution in [1.29, 1.82) is 0 Å². The summed E-state index contributed by atoms with van der Waals surface area (Å²) in [5.41, 5.74) is 1.17. The third-order valence-electron chi connectivity index (χ3n) is 1.65. The van der Waals surface area contributed by atoms with Gasteiger partial charge >= 0.3 is 0 Å². The van der Waals surface area contributed by atoms with Gasteiger partial charge in [-0.25, -0.2) is 0 Å². The molecule has 0 fully saturated rings. The second-order valence-corrected chi connectivity index (χ2v) is 5.17. The first-order valence-corrected chi connectivity index (χ1v) is 5.30. The van der Waals surface area contributed by atoms with Gasteiger partial charge in [-0.2, -0.15) is 0 Å². The smallest absolute Gasteiger partial charge is 0.0555 e. The molecule has 66 valence electrons. The predicted octanol–water partition coefficient (Wildman–Crippen LogP) is 2.51. The van der Waals surface area contributed by atoms with E-state index < -0.39 is 10.8 Å². The van der Waals surface area contributed by atoms with Gasteiger partial charge in [0.25, 0.3) is 0 Å². The first kappa shape index (κ1) is 9.46. The second-order valence-electron chi connectivity index (χ2n) is 3.16. The molecule has 12 heavy (non-hydrogen) atoms. The monoisotopic (exact) mass is 182 g/mol. The fourth-order valence-electron chi connectivity index (χ4n) is 1.01. The summed E-state index contributed by atoms with van der Waals surface area (Å²) in [6, 6.07) is 7.87. The van der Waals surface area contributed by atoms with Crippen molar-refractivity contribution in [1.82, 2.24) is 0 Å². The molecule has 1 atom stereocenters. The first-order chi connectivity index (χ1) is 5.61. The minimum Gasteiger partial charge on any atom is -0.254 e. The lowest BCUT2D eigenvalue weighted by Gasteiger charge is -2.05. The summed E-state index contributed by atoms with van der Waals surface area (Å²) in [6.45, 7) is 5.96. The molecule has 0 bridgehead atoms. The molecule has 0 amide bonds. The van der Waals surface area contributed by atoms with Gasteiger partial charge in [0.15, 0.2) is 0 Å². The first-order valence-electron chi connectivity index (χ1n) is 4.08. The van der Waals surface area contributed by atoms with Gasteiger partial charge in [0.1, 0.15) is 0 Å². The fourth-order valence-corrected chi connectivity index (χ4v) is 2.07. The van der Waals surface area contributed by atoms with Gasteiger partial charge in [-0.15, -0.1) is 0 Å². The van der Waals surface area contributed by atoms with Crippen LogP contribution in [0.3, 0.4) is 0 Å². The van der Waals surface area contributed by atoms with E-state index in [1.165, 1.54) is 5.56 Å². The Hall–Kier alpha value is -0.630. The molecule has 0 aromatic heterocycles. The lowest BCUT2D eigenvalue weighted by atomic mass is 10.2. The van der Waals surface area contributed by atoms with Crippen LogP contribution in [-0.4, -0.2) is 9.46 Å². The molecule has 0 saturated heterocycles. The van der Waals surface area contributed by atoms with Crippen LogP contribution in [0, 0.1) is 6.92 Å². The van der Waals surface area contributed by atoms with Crippen LogP contribution in [0.2, 0.25) is 0 Å². The molecule has 0 spiro atoms. The Morgan fingerprint density at radius 3 is 2.50 bits per heavy atom. The van der Waals surface area contributed by atoms with Crippen LogP contribution >= 0.6 is 0 Å². The molecule has 0 radical (unpaired) electrons. The summed E-state index contributed by atoms with van der Waals surface area (Å²) in [7, 11) is -0.845. The molecule has 0 unspecified atom stereocenters. The zero-order chi connectivity index (χ0) is 9.14. The maximum atomic E-state index is 11.6. The van der Waals surface area contributed by atoms with Crippen LogP contribution in [0.5, 0.6) is 0 Å². The van der Waals surface area contributed by atoms with Gasteiger partial charge in [-0.05, 0) is 24.6 Å². The van der Waals surface area contributed by atoms with Crippen LogP contribution in [0.15, 0.2) is 29.2 Å². The minimum atomic E-state index is -0.845. The van der Waals surface area contributed by atoms with E-state index >= 15 is 0 Å². The van der Waals surface area contributed by atoms with Crippen molar-refractivity contribution >= 4 is 10.8 Å². The molecule has 0 saturated carbocycles. The summed E-state index contributed by atoms with van der Waals surface area (Å²) in [5, 5.41) is 0.201. The highest BCUT2D eigenvalue weighted by Gasteiger charge is 2.07. The molecule has 1 rings (SSSR count). The summed E-state index contributed by atoms with van der Waals surface area (Å²) in [5.74, 6) is 0. The van der Waals surface area contributed by atoms with Gasteiger partial charge in [-0.1, -0.05) is 26.0 Å². The Morgan fingerprint density at radius 1 is 1.33 bits per heavy atom. The van der Waals surface area contributed by atoms with Crippen molar-refractivity contribution in [2.24, 2.45) is 0 Å². The Balaban J connectivity index is 2.96. The zero-order valence-corrected chi connectivity index (χ0v) is 8.52. The normalized spacial score (nSPS) is 13.3. The molecule has 1 nitrogen and oxygen atoms in total. The van der Waals surface area contributed by atoms with Crippen LogP contribution < -0.4 is 0 Å². The van der Waals surface area contributed by atoms with Gasteiger partial charge in [0.05, 0.1) is 10.8 Å². The van der Waals surface area contributed by atoms with Crippen molar-refractivity contribution in [3.8, 4) is 0 Å². The number of hydrogen-bond acceptors (Lipinski definition) is 1. The Labute approximate surface area is 76.3 Å². The largest absolute Gasteiger partial charge is 0.254 e. The molecule has 0 aliphatic rings. The van der Waals surface area contributed by atoms with E-state index in [2.05, 4.69) is 0 Å². The number of hydrogen-bond donors (Lipinski definition) is 0. The van der Waals surface area contributed by atoms with E-state index in [0.29, 0.717) is 0 Å².